The average Bonchev–Trinajstić information content (AvgIpc) is 2.66. The Labute approximate surface area is 165 Å². The maximum atomic E-state index is 11.7. The Balaban J connectivity index is 2.34. The zero-order valence-electron chi connectivity index (χ0n) is 14.8. The summed E-state index contributed by atoms with van der Waals surface area (Å²) in [7, 11) is 4.81. The number of aromatic nitrogens is 2. The summed E-state index contributed by atoms with van der Waals surface area (Å²) in [5, 5.41) is 2.76. The number of methoxy groups -OCH3 is 2. The summed E-state index contributed by atoms with van der Waals surface area (Å²) in [6.07, 6.45) is 1.90. The predicted octanol–water partition coefficient (Wildman–Crippen LogP) is 3.05. The Hall–Kier alpha value is -2.06. The van der Waals surface area contributed by atoms with Crippen LogP contribution in [-0.4, -0.2) is 43.7 Å². The molecule has 1 aromatic carbocycles. The van der Waals surface area contributed by atoms with Crippen molar-refractivity contribution in [3.63, 3.8) is 0 Å². The molecule has 7 nitrogen and oxygen atoms in total. The number of anilines is 1. The minimum atomic E-state index is -0.0606. The van der Waals surface area contributed by atoms with Crippen LogP contribution < -0.4 is 19.7 Å². The highest BCUT2D eigenvalue weighted by Gasteiger charge is 2.16. The van der Waals surface area contributed by atoms with E-state index in [1.54, 1.807) is 33.5 Å². The molecule has 0 aliphatic carbocycles. The van der Waals surface area contributed by atoms with Crippen LogP contribution in [0.25, 0.3) is 0 Å². The maximum absolute atomic E-state index is 11.7. The van der Waals surface area contributed by atoms with Crippen molar-refractivity contribution >= 4 is 39.3 Å². The predicted molar refractivity (Wildman–Crippen MR) is 104 cm³/mol. The molecule has 0 atom stereocenters. The minimum absolute atomic E-state index is 0.0606. The molecule has 0 radical (unpaired) electrons. The summed E-state index contributed by atoms with van der Waals surface area (Å²) in [5.74, 6) is 1.92. The number of hydrogen-bond donors (Lipinski definition) is 1. The van der Waals surface area contributed by atoms with Gasteiger partial charge in [-0.3, -0.25) is 4.79 Å². The Morgan fingerprint density at radius 3 is 2.50 bits per heavy atom. The van der Waals surface area contributed by atoms with Gasteiger partial charge in [0.1, 0.15) is 17.3 Å². The van der Waals surface area contributed by atoms with E-state index in [0.29, 0.717) is 41.3 Å². The monoisotopic (exact) mass is 442 g/mol. The van der Waals surface area contributed by atoms with Crippen molar-refractivity contribution in [3.05, 3.63) is 39.7 Å². The lowest BCUT2D eigenvalue weighted by molar-refractivity contribution is -0.120. The number of nitrogens with one attached hydrogen (secondary N) is 1. The van der Waals surface area contributed by atoms with Crippen molar-refractivity contribution < 1.29 is 14.3 Å². The number of carbonyl (C=O) groups excluding carboxylic acids is 1. The molecule has 26 heavy (non-hydrogen) atoms. The summed E-state index contributed by atoms with van der Waals surface area (Å²) in [5.41, 5.74) is 0.944. The van der Waals surface area contributed by atoms with Gasteiger partial charge in [-0.15, -0.1) is 0 Å². The van der Waals surface area contributed by atoms with Crippen molar-refractivity contribution in [2.45, 2.75) is 13.0 Å². The zero-order valence-corrected chi connectivity index (χ0v) is 17.1. The maximum Gasteiger partial charge on any atom is 0.224 e. The second kappa shape index (κ2) is 9.59. The molecule has 2 rings (SSSR count). The molecule has 1 heterocycles. The first-order chi connectivity index (χ1) is 12.5. The van der Waals surface area contributed by atoms with E-state index in [2.05, 4.69) is 31.2 Å². The van der Waals surface area contributed by atoms with Gasteiger partial charge in [0.05, 0.1) is 18.7 Å². The number of carbonyl (C=O) groups is 1. The second-order valence-corrected chi connectivity index (χ2v) is 6.57. The number of hydrogen-bond acceptors (Lipinski definition) is 6. The van der Waals surface area contributed by atoms with Crippen LogP contribution in [0.15, 0.2) is 28.9 Å². The van der Waals surface area contributed by atoms with E-state index >= 15 is 0 Å². The van der Waals surface area contributed by atoms with Crippen LogP contribution in [-0.2, 0) is 11.3 Å². The van der Waals surface area contributed by atoms with E-state index in [-0.39, 0.29) is 11.2 Å². The average molecular weight is 444 g/mol. The van der Waals surface area contributed by atoms with Crippen LogP contribution in [0.4, 0.5) is 5.82 Å². The molecule has 0 bridgehead atoms. The van der Waals surface area contributed by atoms with Crippen LogP contribution in [0, 0.1) is 0 Å². The fraction of sp³-hybridized carbons (Fsp3) is 0.353. The first-order valence-corrected chi connectivity index (χ1v) is 8.99. The third-order valence-corrected chi connectivity index (χ3v) is 4.41. The van der Waals surface area contributed by atoms with Crippen molar-refractivity contribution in [1.82, 2.24) is 15.3 Å². The molecule has 0 saturated carbocycles. The first-order valence-electron chi connectivity index (χ1n) is 7.82. The number of ether oxygens (including phenoxy) is 2. The van der Waals surface area contributed by atoms with Crippen molar-refractivity contribution in [2.24, 2.45) is 0 Å². The summed E-state index contributed by atoms with van der Waals surface area (Å²) in [6.45, 7) is 0.932. The molecule has 1 amide bonds. The van der Waals surface area contributed by atoms with Crippen LogP contribution in [0.2, 0.25) is 5.28 Å². The van der Waals surface area contributed by atoms with Gasteiger partial charge in [0.2, 0.25) is 11.2 Å². The molecule has 0 unspecified atom stereocenters. The second-order valence-electron chi connectivity index (χ2n) is 5.38. The fourth-order valence-electron chi connectivity index (χ4n) is 2.36. The lowest BCUT2D eigenvalue weighted by Gasteiger charge is -2.25. The van der Waals surface area contributed by atoms with Gasteiger partial charge >= 0.3 is 0 Å². The highest BCUT2D eigenvalue weighted by molar-refractivity contribution is 9.10. The summed E-state index contributed by atoms with van der Waals surface area (Å²) < 4.78 is 11.3. The number of nitrogens with zero attached hydrogens (tertiary/aromatic N) is 3. The Kier molecular flexibility index (Phi) is 7.47. The van der Waals surface area contributed by atoms with Gasteiger partial charge in [-0.25, -0.2) is 4.98 Å². The van der Waals surface area contributed by atoms with Gasteiger partial charge in [-0.2, -0.15) is 4.98 Å². The molecule has 0 spiro atoms. The van der Waals surface area contributed by atoms with Crippen LogP contribution in [0.1, 0.15) is 12.0 Å². The van der Waals surface area contributed by atoms with Gasteiger partial charge in [-0.1, -0.05) is 0 Å². The standard InChI is InChI=1S/C17H20BrClN4O3/c1-20-15(24)4-5-23(16-14(18)9-21-17(19)22-16)10-11-6-12(25-2)8-13(7-11)26-3/h6-9H,4-5,10H2,1-3H3,(H,20,24). The molecule has 140 valence electrons. The molecule has 0 fully saturated rings. The lowest BCUT2D eigenvalue weighted by atomic mass is 10.1. The highest BCUT2D eigenvalue weighted by Crippen LogP contribution is 2.28. The van der Waals surface area contributed by atoms with Crippen molar-refractivity contribution in [3.8, 4) is 11.5 Å². The summed E-state index contributed by atoms with van der Waals surface area (Å²) in [4.78, 5) is 21.9. The Morgan fingerprint density at radius 2 is 1.92 bits per heavy atom. The molecule has 1 N–H and O–H groups in total. The Bertz CT molecular complexity index is 753. The van der Waals surface area contributed by atoms with Gasteiger partial charge in [0.15, 0.2) is 0 Å². The normalized spacial score (nSPS) is 10.3. The third kappa shape index (κ3) is 5.47. The zero-order chi connectivity index (χ0) is 19.1. The van der Waals surface area contributed by atoms with E-state index < -0.39 is 0 Å². The molecular weight excluding hydrogens is 424 g/mol. The van der Waals surface area contributed by atoms with Gasteiger partial charge in [0, 0.05) is 38.8 Å². The van der Waals surface area contributed by atoms with Crippen LogP contribution >= 0.6 is 27.5 Å². The third-order valence-electron chi connectivity index (χ3n) is 3.67. The van der Waals surface area contributed by atoms with E-state index in [0.717, 1.165) is 5.56 Å². The van der Waals surface area contributed by atoms with Gasteiger partial charge in [-0.05, 0) is 45.2 Å². The SMILES string of the molecule is CNC(=O)CCN(Cc1cc(OC)cc(OC)c1)c1nc(Cl)ncc1Br. The van der Waals surface area contributed by atoms with Crippen molar-refractivity contribution in [2.75, 3.05) is 32.7 Å². The van der Waals surface area contributed by atoms with Crippen molar-refractivity contribution in [1.29, 1.82) is 0 Å². The van der Waals surface area contributed by atoms with Crippen LogP contribution in [0.3, 0.4) is 0 Å². The molecule has 1 aromatic heterocycles. The van der Waals surface area contributed by atoms with E-state index in [1.165, 1.54) is 0 Å². The smallest absolute Gasteiger partial charge is 0.224 e. The summed E-state index contributed by atoms with van der Waals surface area (Å²) >= 11 is 9.41. The molecule has 0 aliphatic rings. The number of halogens is 2. The number of rotatable bonds is 8. The molecule has 2 aromatic rings. The molecule has 0 saturated heterocycles. The minimum Gasteiger partial charge on any atom is -0.497 e. The van der Waals surface area contributed by atoms with E-state index in [1.807, 2.05) is 17.0 Å². The van der Waals surface area contributed by atoms with E-state index in [4.69, 9.17) is 21.1 Å². The molecular formula is C17H20BrClN4O3. The highest BCUT2D eigenvalue weighted by atomic mass is 79.9. The van der Waals surface area contributed by atoms with E-state index in [9.17, 15) is 4.79 Å². The number of amides is 1. The molecule has 0 aliphatic heterocycles. The quantitative estimate of drug-likeness (QED) is 0.632. The largest absolute Gasteiger partial charge is 0.497 e. The first kappa shape index (κ1) is 20.3. The topological polar surface area (TPSA) is 76.6 Å². The fourth-order valence-corrected chi connectivity index (χ4v) is 2.93. The van der Waals surface area contributed by atoms with Gasteiger partial charge < -0.3 is 19.7 Å². The molecule has 9 heteroatoms. The van der Waals surface area contributed by atoms with Gasteiger partial charge in [0.25, 0.3) is 0 Å². The lowest BCUT2D eigenvalue weighted by Crippen LogP contribution is -2.30. The van der Waals surface area contributed by atoms with Crippen LogP contribution in [0.5, 0.6) is 11.5 Å². The Morgan fingerprint density at radius 1 is 1.27 bits per heavy atom. The number of benzene rings is 1. The summed E-state index contributed by atoms with van der Waals surface area (Å²) in [6, 6.07) is 5.62.